The van der Waals surface area contributed by atoms with Gasteiger partial charge in [0.2, 0.25) is 0 Å². The van der Waals surface area contributed by atoms with Crippen molar-refractivity contribution in [2.24, 2.45) is 5.92 Å². The molecule has 0 saturated carbocycles. The first-order chi connectivity index (χ1) is 6.97. The summed E-state index contributed by atoms with van der Waals surface area (Å²) in [5.74, 6) is 0.693. The lowest BCUT2D eigenvalue weighted by Crippen LogP contribution is -2.65. The zero-order valence-electron chi connectivity index (χ0n) is 10.2. The maximum absolute atomic E-state index is 11.8. The number of fused-ring (bicyclic) bond motifs is 1. The predicted molar refractivity (Wildman–Crippen MR) is 65.0 cm³/mol. The molecule has 2 atom stereocenters. The molecule has 2 rings (SSSR count). The fourth-order valence-electron chi connectivity index (χ4n) is 2.25. The van der Waals surface area contributed by atoms with Crippen molar-refractivity contribution >= 4 is 18.5 Å². The molecule has 0 aromatic carbocycles. The van der Waals surface area contributed by atoms with Gasteiger partial charge in [-0.1, -0.05) is 0 Å². The molecule has 2 fully saturated rings. The lowest BCUT2D eigenvalue weighted by molar-refractivity contribution is -0.0381. The Balaban J connectivity index is 0.00000128. The summed E-state index contributed by atoms with van der Waals surface area (Å²) in [6.45, 7) is 8.60. The maximum Gasteiger partial charge on any atom is 0.410 e. The zero-order valence-corrected chi connectivity index (χ0v) is 11.0. The molecule has 2 aliphatic rings. The van der Waals surface area contributed by atoms with Crippen molar-refractivity contribution in [3.05, 3.63) is 0 Å². The Morgan fingerprint density at radius 2 is 2.12 bits per heavy atom. The fourth-order valence-corrected chi connectivity index (χ4v) is 2.25. The van der Waals surface area contributed by atoms with Crippen LogP contribution in [0.1, 0.15) is 27.2 Å². The summed E-state index contributed by atoms with van der Waals surface area (Å²) < 4.78 is 5.35. The van der Waals surface area contributed by atoms with E-state index in [2.05, 4.69) is 5.32 Å². The van der Waals surface area contributed by atoms with E-state index in [0.29, 0.717) is 12.0 Å². The van der Waals surface area contributed by atoms with Crippen LogP contribution in [0.15, 0.2) is 0 Å². The lowest BCUT2D eigenvalue weighted by Gasteiger charge is -2.50. The smallest absolute Gasteiger partial charge is 0.410 e. The van der Waals surface area contributed by atoms with Gasteiger partial charge in [0.05, 0.1) is 6.04 Å². The molecule has 0 aromatic rings. The number of halogens is 1. The fraction of sp³-hybridized carbons (Fsp3) is 0.909. The van der Waals surface area contributed by atoms with Gasteiger partial charge in [-0.15, -0.1) is 12.4 Å². The minimum absolute atomic E-state index is 0. The predicted octanol–water partition coefficient (Wildman–Crippen LogP) is 1.64. The molecular weight excluding hydrogens is 228 g/mol. The third-order valence-corrected chi connectivity index (χ3v) is 3.05. The van der Waals surface area contributed by atoms with Gasteiger partial charge in [-0.2, -0.15) is 0 Å². The molecule has 5 heteroatoms. The molecule has 1 N–H and O–H groups in total. The van der Waals surface area contributed by atoms with E-state index in [4.69, 9.17) is 4.74 Å². The highest BCUT2D eigenvalue weighted by molar-refractivity contribution is 5.85. The van der Waals surface area contributed by atoms with E-state index >= 15 is 0 Å². The van der Waals surface area contributed by atoms with Gasteiger partial charge in [0.25, 0.3) is 0 Å². The van der Waals surface area contributed by atoms with E-state index in [1.54, 1.807) is 0 Å². The second kappa shape index (κ2) is 4.80. The summed E-state index contributed by atoms with van der Waals surface area (Å²) in [7, 11) is 0. The summed E-state index contributed by atoms with van der Waals surface area (Å²) in [5.41, 5.74) is -0.385. The van der Waals surface area contributed by atoms with Crippen LogP contribution in [0.4, 0.5) is 4.79 Å². The molecule has 0 bridgehead atoms. The minimum Gasteiger partial charge on any atom is -0.444 e. The highest BCUT2D eigenvalue weighted by Gasteiger charge is 2.44. The molecule has 16 heavy (non-hydrogen) atoms. The number of hydrogen-bond donors (Lipinski definition) is 1. The van der Waals surface area contributed by atoms with Gasteiger partial charge >= 0.3 is 6.09 Å². The van der Waals surface area contributed by atoms with Gasteiger partial charge in [-0.05, 0) is 39.7 Å². The molecule has 94 valence electrons. The Hall–Kier alpha value is -0.480. The van der Waals surface area contributed by atoms with Crippen LogP contribution in [0.3, 0.4) is 0 Å². The lowest BCUT2D eigenvalue weighted by atomic mass is 9.83. The van der Waals surface area contributed by atoms with Crippen molar-refractivity contribution in [2.45, 2.75) is 38.8 Å². The number of hydrogen-bond acceptors (Lipinski definition) is 3. The molecular formula is C11H21ClN2O2. The van der Waals surface area contributed by atoms with Gasteiger partial charge in [0.15, 0.2) is 0 Å². The second-order valence-corrected chi connectivity index (χ2v) is 5.45. The van der Waals surface area contributed by atoms with Gasteiger partial charge in [0.1, 0.15) is 5.60 Å². The number of ether oxygens (including phenoxy) is 1. The average molecular weight is 249 g/mol. The highest BCUT2D eigenvalue weighted by atomic mass is 35.5. The molecule has 0 unspecified atom stereocenters. The van der Waals surface area contributed by atoms with Crippen LogP contribution in [-0.2, 0) is 4.74 Å². The van der Waals surface area contributed by atoms with Crippen LogP contribution < -0.4 is 5.32 Å². The van der Waals surface area contributed by atoms with Crippen molar-refractivity contribution in [3.8, 4) is 0 Å². The molecule has 2 aliphatic heterocycles. The second-order valence-electron chi connectivity index (χ2n) is 5.45. The van der Waals surface area contributed by atoms with Crippen LogP contribution in [-0.4, -0.2) is 42.3 Å². The van der Waals surface area contributed by atoms with Gasteiger partial charge in [-0.25, -0.2) is 4.79 Å². The summed E-state index contributed by atoms with van der Waals surface area (Å²) >= 11 is 0. The monoisotopic (exact) mass is 248 g/mol. The van der Waals surface area contributed by atoms with Gasteiger partial charge < -0.3 is 15.0 Å². The highest BCUT2D eigenvalue weighted by Crippen LogP contribution is 2.30. The van der Waals surface area contributed by atoms with Crippen LogP contribution in [0, 0.1) is 5.92 Å². The van der Waals surface area contributed by atoms with E-state index in [-0.39, 0.29) is 24.1 Å². The van der Waals surface area contributed by atoms with Crippen LogP contribution in [0.2, 0.25) is 0 Å². The van der Waals surface area contributed by atoms with Crippen LogP contribution in [0.5, 0.6) is 0 Å². The third kappa shape index (κ3) is 2.80. The SMILES string of the molecule is CC(C)(C)OC(=O)N1C[C@@H]2CCNC[C@@H]21.Cl. The standard InChI is InChI=1S/C11H20N2O2.ClH/c1-11(2,3)15-10(14)13-7-8-4-5-12-6-9(8)13;/h8-9,12H,4-7H2,1-3H3;1H/t8-,9-;/m0./s1. The first-order valence-electron chi connectivity index (χ1n) is 5.68. The van der Waals surface area contributed by atoms with Gasteiger partial charge in [-0.3, -0.25) is 0 Å². The number of amides is 1. The van der Waals surface area contributed by atoms with E-state index in [1.807, 2.05) is 25.7 Å². The van der Waals surface area contributed by atoms with Crippen LogP contribution in [0.25, 0.3) is 0 Å². The molecule has 0 aliphatic carbocycles. The quantitative estimate of drug-likeness (QED) is 0.709. The van der Waals surface area contributed by atoms with E-state index in [0.717, 1.165) is 19.6 Å². The number of carbonyl (C=O) groups is 1. The summed E-state index contributed by atoms with van der Waals surface area (Å²) in [6.07, 6.45) is 1.02. The van der Waals surface area contributed by atoms with E-state index in [9.17, 15) is 4.79 Å². The molecule has 2 saturated heterocycles. The number of nitrogens with one attached hydrogen (secondary N) is 1. The molecule has 0 radical (unpaired) electrons. The zero-order chi connectivity index (χ0) is 11.1. The molecule has 0 aromatic heterocycles. The third-order valence-electron chi connectivity index (χ3n) is 3.05. The van der Waals surface area contributed by atoms with Crippen molar-refractivity contribution < 1.29 is 9.53 Å². The number of nitrogens with zero attached hydrogens (tertiary/aromatic N) is 1. The Bertz CT molecular complexity index is 265. The normalized spacial score (nSPS) is 28.6. The van der Waals surface area contributed by atoms with Crippen molar-refractivity contribution in [2.75, 3.05) is 19.6 Å². The first kappa shape index (κ1) is 13.6. The summed E-state index contributed by atoms with van der Waals surface area (Å²) in [4.78, 5) is 13.6. The number of likely N-dealkylation sites (tertiary alicyclic amines) is 1. The van der Waals surface area contributed by atoms with Crippen molar-refractivity contribution in [1.29, 1.82) is 0 Å². The Morgan fingerprint density at radius 3 is 2.69 bits per heavy atom. The molecule has 2 heterocycles. The average Bonchev–Trinajstić information content (AvgIpc) is 2.03. The summed E-state index contributed by atoms with van der Waals surface area (Å²) in [5, 5.41) is 3.31. The molecule has 0 spiro atoms. The topological polar surface area (TPSA) is 41.6 Å². The summed E-state index contributed by atoms with van der Waals surface area (Å²) in [6, 6.07) is 0.369. The number of rotatable bonds is 0. The Morgan fingerprint density at radius 1 is 1.44 bits per heavy atom. The Kier molecular flexibility index (Phi) is 4.07. The Labute approximate surface area is 103 Å². The van der Waals surface area contributed by atoms with Crippen LogP contribution >= 0.6 is 12.4 Å². The molecule has 4 nitrogen and oxygen atoms in total. The molecule has 1 amide bonds. The van der Waals surface area contributed by atoms with E-state index in [1.165, 1.54) is 6.42 Å². The number of piperidine rings is 1. The first-order valence-corrected chi connectivity index (χ1v) is 5.68. The van der Waals surface area contributed by atoms with Crippen molar-refractivity contribution in [3.63, 3.8) is 0 Å². The minimum atomic E-state index is -0.385. The van der Waals surface area contributed by atoms with Gasteiger partial charge in [0, 0.05) is 13.1 Å². The largest absolute Gasteiger partial charge is 0.444 e. The van der Waals surface area contributed by atoms with Crippen molar-refractivity contribution in [1.82, 2.24) is 10.2 Å². The maximum atomic E-state index is 11.8. The number of carbonyl (C=O) groups excluding carboxylic acids is 1. The van der Waals surface area contributed by atoms with E-state index < -0.39 is 0 Å².